The van der Waals surface area contributed by atoms with Gasteiger partial charge in [0.25, 0.3) is 0 Å². The SMILES string of the molecule is C=C(C)N=C/C(=C\C)C(C)N1CCNCC1. The summed E-state index contributed by atoms with van der Waals surface area (Å²) in [6.45, 7) is 14.4. The van der Waals surface area contributed by atoms with Gasteiger partial charge in [-0.15, -0.1) is 0 Å². The van der Waals surface area contributed by atoms with E-state index in [2.05, 4.69) is 41.7 Å². The van der Waals surface area contributed by atoms with Crippen LogP contribution in [0.1, 0.15) is 20.8 Å². The van der Waals surface area contributed by atoms with Gasteiger partial charge in [-0.25, -0.2) is 0 Å². The van der Waals surface area contributed by atoms with Gasteiger partial charge in [0, 0.05) is 44.1 Å². The molecule has 0 aromatic heterocycles. The molecule has 1 saturated heterocycles. The van der Waals surface area contributed by atoms with Gasteiger partial charge in [-0.3, -0.25) is 9.89 Å². The molecule has 1 unspecified atom stereocenters. The maximum atomic E-state index is 4.28. The summed E-state index contributed by atoms with van der Waals surface area (Å²) in [5, 5.41) is 3.37. The summed E-state index contributed by atoms with van der Waals surface area (Å²) < 4.78 is 0. The minimum Gasteiger partial charge on any atom is -0.314 e. The lowest BCUT2D eigenvalue weighted by atomic mass is 10.1. The van der Waals surface area contributed by atoms with E-state index in [1.54, 1.807) is 0 Å². The quantitative estimate of drug-likeness (QED) is 0.733. The van der Waals surface area contributed by atoms with Gasteiger partial charge in [-0.1, -0.05) is 12.7 Å². The summed E-state index contributed by atoms with van der Waals surface area (Å²) in [6, 6.07) is 0.440. The average molecular weight is 221 g/mol. The molecule has 0 aromatic carbocycles. The van der Waals surface area contributed by atoms with E-state index in [-0.39, 0.29) is 0 Å². The van der Waals surface area contributed by atoms with E-state index in [9.17, 15) is 0 Å². The number of nitrogens with zero attached hydrogens (tertiary/aromatic N) is 2. The minimum atomic E-state index is 0.440. The van der Waals surface area contributed by atoms with Crippen molar-refractivity contribution in [3.63, 3.8) is 0 Å². The van der Waals surface area contributed by atoms with Gasteiger partial charge in [-0.05, 0) is 26.3 Å². The molecule has 1 heterocycles. The number of nitrogens with one attached hydrogen (secondary N) is 1. The van der Waals surface area contributed by atoms with Crippen LogP contribution in [-0.4, -0.2) is 43.3 Å². The topological polar surface area (TPSA) is 27.6 Å². The molecule has 0 aliphatic carbocycles. The highest BCUT2D eigenvalue weighted by Crippen LogP contribution is 2.10. The van der Waals surface area contributed by atoms with Crippen LogP contribution in [0.2, 0.25) is 0 Å². The number of piperazine rings is 1. The zero-order chi connectivity index (χ0) is 12.0. The smallest absolute Gasteiger partial charge is 0.0332 e. The van der Waals surface area contributed by atoms with E-state index in [1.165, 1.54) is 5.57 Å². The number of hydrogen-bond donors (Lipinski definition) is 1. The molecule has 0 aromatic rings. The molecule has 1 rings (SSSR count). The van der Waals surface area contributed by atoms with Crippen LogP contribution in [0.25, 0.3) is 0 Å². The molecule has 1 N–H and O–H groups in total. The summed E-state index contributed by atoms with van der Waals surface area (Å²) in [7, 11) is 0. The molecule has 1 aliphatic heterocycles. The lowest BCUT2D eigenvalue weighted by Crippen LogP contribution is -2.48. The molecule has 1 atom stereocenters. The molecule has 16 heavy (non-hydrogen) atoms. The molecule has 0 amide bonds. The molecule has 0 radical (unpaired) electrons. The second-order valence-corrected chi connectivity index (χ2v) is 4.24. The fourth-order valence-corrected chi connectivity index (χ4v) is 1.89. The van der Waals surface area contributed by atoms with Crippen molar-refractivity contribution in [3.05, 3.63) is 23.9 Å². The molecule has 3 heteroatoms. The Morgan fingerprint density at radius 3 is 2.56 bits per heavy atom. The average Bonchev–Trinajstić information content (AvgIpc) is 2.30. The van der Waals surface area contributed by atoms with Gasteiger partial charge in [0.05, 0.1) is 0 Å². The first kappa shape index (κ1) is 13.1. The minimum absolute atomic E-state index is 0.440. The second-order valence-electron chi connectivity index (χ2n) is 4.24. The molecular weight excluding hydrogens is 198 g/mol. The number of hydrogen-bond acceptors (Lipinski definition) is 3. The summed E-state index contributed by atoms with van der Waals surface area (Å²) >= 11 is 0. The first-order valence-corrected chi connectivity index (χ1v) is 5.95. The van der Waals surface area contributed by atoms with E-state index >= 15 is 0 Å². The zero-order valence-electron chi connectivity index (χ0n) is 10.7. The summed E-state index contributed by atoms with van der Waals surface area (Å²) in [5.74, 6) is 0. The van der Waals surface area contributed by atoms with Crippen LogP contribution in [0.5, 0.6) is 0 Å². The molecule has 90 valence electrons. The molecule has 0 bridgehead atoms. The Labute approximate surface area is 98.9 Å². The summed E-state index contributed by atoms with van der Waals surface area (Å²) in [6.07, 6.45) is 4.08. The van der Waals surface area contributed by atoms with Crippen LogP contribution in [0, 0.1) is 0 Å². The highest BCUT2D eigenvalue weighted by atomic mass is 15.2. The molecule has 0 spiro atoms. The van der Waals surface area contributed by atoms with Crippen LogP contribution >= 0.6 is 0 Å². The molecule has 3 nitrogen and oxygen atoms in total. The van der Waals surface area contributed by atoms with Crippen LogP contribution < -0.4 is 5.32 Å². The van der Waals surface area contributed by atoms with E-state index in [4.69, 9.17) is 0 Å². The Kier molecular flexibility index (Phi) is 5.43. The summed E-state index contributed by atoms with van der Waals surface area (Å²) in [4.78, 5) is 6.76. The van der Waals surface area contributed by atoms with Crippen molar-refractivity contribution >= 4 is 6.21 Å². The van der Waals surface area contributed by atoms with Crippen molar-refractivity contribution in [2.45, 2.75) is 26.8 Å². The van der Waals surface area contributed by atoms with Gasteiger partial charge >= 0.3 is 0 Å². The monoisotopic (exact) mass is 221 g/mol. The third-order valence-electron chi connectivity index (χ3n) is 2.95. The first-order chi connectivity index (χ1) is 7.65. The standard InChI is InChI=1S/C13H23N3/c1-5-13(10-15-11(2)3)12(4)16-8-6-14-7-9-16/h5,10,12,14H,2,6-9H2,1,3-4H3/b13-5+,15-10?. The van der Waals surface area contributed by atoms with Crippen molar-refractivity contribution in [2.75, 3.05) is 26.2 Å². The van der Waals surface area contributed by atoms with Crippen molar-refractivity contribution in [2.24, 2.45) is 4.99 Å². The van der Waals surface area contributed by atoms with Gasteiger partial charge in [-0.2, -0.15) is 0 Å². The highest BCUT2D eigenvalue weighted by molar-refractivity contribution is 5.80. The maximum absolute atomic E-state index is 4.28. The Bertz CT molecular complexity index is 286. The third-order valence-corrected chi connectivity index (χ3v) is 2.95. The molecular formula is C13H23N3. The van der Waals surface area contributed by atoms with Crippen molar-refractivity contribution in [3.8, 4) is 0 Å². The van der Waals surface area contributed by atoms with Crippen LogP contribution in [0.15, 0.2) is 28.9 Å². The Morgan fingerprint density at radius 1 is 1.44 bits per heavy atom. The molecule has 1 fully saturated rings. The summed E-state index contributed by atoms with van der Waals surface area (Å²) in [5.41, 5.74) is 2.12. The van der Waals surface area contributed by atoms with Gasteiger partial charge in [0.15, 0.2) is 0 Å². The van der Waals surface area contributed by atoms with Gasteiger partial charge in [0.2, 0.25) is 0 Å². The zero-order valence-corrected chi connectivity index (χ0v) is 10.7. The lowest BCUT2D eigenvalue weighted by molar-refractivity contribution is 0.209. The predicted octanol–water partition coefficient (Wildman–Crippen LogP) is 1.83. The number of aliphatic imine (C=N–C) groups is 1. The van der Waals surface area contributed by atoms with Crippen molar-refractivity contribution in [1.82, 2.24) is 10.2 Å². The first-order valence-electron chi connectivity index (χ1n) is 5.95. The number of allylic oxidation sites excluding steroid dienone is 2. The fraction of sp³-hybridized carbons (Fsp3) is 0.615. The van der Waals surface area contributed by atoms with Gasteiger partial charge < -0.3 is 5.32 Å². The predicted molar refractivity (Wildman–Crippen MR) is 71.0 cm³/mol. The Morgan fingerprint density at radius 2 is 2.06 bits per heavy atom. The number of rotatable bonds is 4. The van der Waals surface area contributed by atoms with E-state index in [0.29, 0.717) is 6.04 Å². The lowest BCUT2D eigenvalue weighted by Gasteiger charge is -2.33. The van der Waals surface area contributed by atoms with Crippen molar-refractivity contribution in [1.29, 1.82) is 0 Å². The van der Waals surface area contributed by atoms with Crippen LogP contribution in [0.4, 0.5) is 0 Å². The van der Waals surface area contributed by atoms with E-state index in [1.807, 2.05) is 13.1 Å². The van der Waals surface area contributed by atoms with Crippen LogP contribution in [-0.2, 0) is 0 Å². The Balaban J connectivity index is 2.61. The maximum Gasteiger partial charge on any atom is 0.0332 e. The largest absolute Gasteiger partial charge is 0.314 e. The normalized spacial score (nSPS) is 21.3. The van der Waals surface area contributed by atoms with Crippen molar-refractivity contribution < 1.29 is 0 Å². The third kappa shape index (κ3) is 3.91. The highest BCUT2D eigenvalue weighted by Gasteiger charge is 2.18. The molecule has 0 saturated carbocycles. The molecule has 1 aliphatic rings. The van der Waals surface area contributed by atoms with Crippen LogP contribution in [0.3, 0.4) is 0 Å². The Hall–Kier alpha value is -0.930. The van der Waals surface area contributed by atoms with Gasteiger partial charge in [0.1, 0.15) is 0 Å². The van der Waals surface area contributed by atoms with E-state index in [0.717, 1.165) is 31.9 Å². The van der Waals surface area contributed by atoms with E-state index < -0.39 is 0 Å². The second kappa shape index (κ2) is 6.61. The fourth-order valence-electron chi connectivity index (χ4n) is 1.89.